The van der Waals surface area contributed by atoms with E-state index in [9.17, 15) is 4.39 Å². The van der Waals surface area contributed by atoms with Crippen LogP contribution in [-0.4, -0.2) is 32.8 Å². The quantitative estimate of drug-likeness (QED) is 0.796. The second kappa shape index (κ2) is 6.23. The third-order valence-corrected chi connectivity index (χ3v) is 4.51. The molecule has 1 saturated heterocycles. The molecule has 21 heavy (non-hydrogen) atoms. The number of nitrogens with zero attached hydrogens (tertiary/aromatic N) is 4. The molecule has 1 fully saturated rings. The van der Waals surface area contributed by atoms with Crippen LogP contribution in [0.15, 0.2) is 29.3 Å². The van der Waals surface area contributed by atoms with E-state index in [-0.39, 0.29) is 5.82 Å². The minimum absolute atomic E-state index is 0.229. The van der Waals surface area contributed by atoms with Crippen LogP contribution in [0.1, 0.15) is 29.9 Å². The number of halogens is 2. The lowest BCUT2D eigenvalue weighted by Gasteiger charge is -2.31. The summed E-state index contributed by atoms with van der Waals surface area (Å²) in [5, 5.41) is 4.24. The Morgan fingerprint density at radius 1 is 1.33 bits per heavy atom. The van der Waals surface area contributed by atoms with E-state index in [4.69, 9.17) is 0 Å². The lowest BCUT2D eigenvalue weighted by Crippen LogP contribution is -2.32. The fraction of sp³-hybridized carbons (Fsp3) is 0.467. The average molecular weight is 353 g/mol. The Hall–Kier alpha value is -1.27. The summed E-state index contributed by atoms with van der Waals surface area (Å²) in [5.41, 5.74) is 2.02. The first-order chi connectivity index (χ1) is 10.1. The van der Waals surface area contributed by atoms with Crippen molar-refractivity contribution in [3.63, 3.8) is 0 Å². The third kappa shape index (κ3) is 3.49. The first-order valence-corrected chi connectivity index (χ1v) is 7.92. The average Bonchev–Trinajstić information content (AvgIpc) is 2.90. The first-order valence-electron chi connectivity index (χ1n) is 7.12. The highest BCUT2D eigenvalue weighted by molar-refractivity contribution is 9.10. The number of aromatic nitrogens is 3. The van der Waals surface area contributed by atoms with Gasteiger partial charge in [0.2, 0.25) is 0 Å². The van der Waals surface area contributed by atoms with Gasteiger partial charge in [0.25, 0.3) is 0 Å². The van der Waals surface area contributed by atoms with Crippen LogP contribution in [0.4, 0.5) is 4.39 Å². The van der Waals surface area contributed by atoms with Crippen LogP contribution in [0.3, 0.4) is 0 Å². The van der Waals surface area contributed by atoms with Crippen LogP contribution in [0.25, 0.3) is 0 Å². The molecule has 112 valence electrons. The van der Waals surface area contributed by atoms with E-state index in [1.807, 2.05) is 17.9 Å². The molecule has 4 nitrogen and oxygen atoms in total. The van der Waals surface area contributed by atoms with Gasteiger partial charge in [-0.25, -0.2) is 9.37 Å². The smallest absolute Gasteiger partial charge is 0.146 e. The van der Waals surface area contributed by atoms with Gasteiger partial charge >= 0.3 is 0 Å². The van der Waals surface area contributed by atoms with Crippen molar-refractivity contribution in [2.24, 2.45) is 7.05 Å². The molecule has 0 atom stereocenters. The number of hydrogen-bond donors (Lipinski definition) is 0. The monoisotopic (exact) mass is 352 g/mol. The van der Waals surface area contributed by atoms with Gasteiger partial charge < -0.3 is 0 Å². The number of aryl methyl sites for hydroxylation is 1. The standard InChI is InChI=1S/C15H18BrFN4/c1-20-9-13(7-19-20)11-2-4-21(5-3-11)10-12-6-15(16)18-8-14(12)17/h6-9,11H,2-5,10H2,1H3. The SMILES string of the molecule is Cn1cc(C2CCN(Cc3cc(Br)ncc3F)CC2)cn1. The van der Waals surface area contributed by atoms with Gasteiger partial charge in [0.15, 0.2) is 0 Å². The Labute approximate surface area is 132 Å². The van der Waals surface area contributed by atoms with Gasteiger partial charge in [0, 0.05) is 25.4 Å². The van der Waals surface area contributed by atoms with Crippen molar-refractivity contribution in [1.29, 1.82) is 0 Å². The lowest BCUT2D eigenvalue weighted by atomic mass is 9.91. The van der Waals surface area contributed by atoms with E-state index >= 15 is 0 Å². The molecule has 0 amide bonds. The lowest BCUT2D eigenvalue weighted by molar-refractivity contribution is 0.202. The molecule has 0 saturated carbocycles. The highest BCUT2D eigenvalue weighted by Gasteiger charge is 2.22. The highest BCUT2D eigenvalue weighted by atomic mass is 79.9. The van der Waals surface area contributed by atoms with Gasteiger partial charge in [-0.1, -0.05) is 0 Å². The van der Waals surface area contributed by atoms with Crippen LogP contribution in [0.5, 0.6) is 0 Å². The van der Waals surface area contributed by atoms with E-state index in [2.05, 4.69) is 37.1 Å². The molecule has 6 heteroatoms. The van der Waals surface area contributed by atoms with Crippen LogP contribution in [0.2, 0.25) is 0 Å². The van der Waals surface area contributed by atoms with Crippen molar-refractivity contribution in [3.8, 4) is 0 Å². The largest absolute Gasteiger partial charge is 0.299 e. The van der Waals surface area contributed by atoms with Crippen molar-refractivity contribution in [3.05, 3.63) is 46.2 Å². The number of rotatable bonds is 3. The number of hydrogen-bond acceptors (Lipinski definition) is 3. The molecule has 3 heterocycles. The Bertz CT molecular complexity index is 620. The maximum absolute atomic E-state index is 13.7. The molecule has 3 rings (SSSR count). The van der Waals surface area contributed by atoms with Gasteiger partial charge in [-0.05, 0) is 59.4 Å². The third-order valence-electron chi connectivity index (χ3n) is 4.08. The minimum Gasteiger partial charge on any atom is -0.299 e. The fourth-order valence-corrected chi connectivity index (χ4v) is 3.27. The predicted octanol–water partition coefficient (Wildman–Crippen LogP) is 3.10. The van der Waals surface area contributed by atoms with Gasteiger partial charge in [-0.3, -0.25) is 9.58 Å². The van der Waals surface area contributed by atoms with E-state index < -0.39 is 0 Å². The summed E-state index contributed by atoms with van der Waals surface area (Å²) in [5.74, 6) is 0.344. The van der Waals surface area contributed by atoms with Crippen molar-refractivity contribution in [2.45, 2.75) is 25.3 Å². The van der Waals surface area contributed by atoms with Crippen LogP contribution >= 0.6 is 15.9 Å². The minimum atomic E-state index is -0.229. The van der Waals surface area contributed by atoms with Crippen molar-refractivity contribution >= 4 is 15.9 Å². The highest BCUT2D eigenvalue weighted by Crippen LogP contribution is 2.28. The maximum atomic E-state index is 13.7. The van der Waals surface area contributed by atoms with E-state index in [1.54, 1.807) is 6.07 Å². The molecule has 0 aromatic carbocycles. The van der Waals surface area contributed by atoms with Gasteiger partial charge in [0.1, 0.15) is 10.4 Å². The summed E-state index contributed by atoms with van der Waals surface area (Å²) >= 11 is 3.30. The van der Waals surface area contributed by atoms with E-state index in [1.165, 1.54) is 11.8 Å². The number of piperidine rings is 1. The molecule has 0 radical (unpaired) electrons. The topological polar surface area (TPSA) is 34.0 Å². The molecule has 1 aliphatic rings. The fourth-order valence-electron chi connectivity index (χ4n) is 2.89. The van der Waals surface area contributed by atoms with Crippen molar-refractivity contribution in [2.75, 3.05) is 13.1 Å². The molecule has 0 unspecified atom stereocenters. The Kier molecular flexibility index (Phi) is 4.35. The van der Waals surface area contributed by atoms with Crippen LogP contribution < -0.4 is 0 Å². The van der Waals surface area contributed by atoms with Crippen molar-refractivity contribution < 1.29 is 4.39 Å². The van der Waals surface area contributed by atoms with Crippen LogP contribution in [0, 0.1) is 5.82 Å². The molecule has 2 aromatic heterocycles. The van der Waals surface area contributed by atoms with Gasteiger partial charge in [0.05, 0.1) is 12.4 Å². The molecule has 2 aromatic rings. The Balaban J connectivity index is 1.60. The summed E-state index contributed by atoms with van der Waals surface area (Å²) < 4.78 is 16.3. The number of pyridine rings is 1. The second-order valence-electron chi connectivity index (χ2n) is 5.60. The summed E-state index contributed by atoms with van der Waals surface area (Å²) in [7, 11) is 1.95. The second-order valence-corrected chi connectivity index (χ2v) is 6.41. The van der Waals surface area contributed by atoms with Crippen LogP contribution in [-0.2, 0) is 13.6 Å². The zero-order valence-electron chi connectivity index (χ0n) is 12.0. The summed E-state index contributed by atoms with van der Waals surface area (Å²) in [4.78, 5) is 6.20. The maximum Gasteiger partial charge on any atom is 0.146 e. The summed E-state index contributed by atoms with van der Waals surface area (Å²) in [6.07, 6.45) is 7.53. The normalized spacial score (nSPS) is 17.3. The molecule has 0 aliphatic carbocycles. The zero-order valence-corrected chi connectivity index (χ0v) is 13.6. The number of likely N-dealkylation sites (tertiary alicyclic amines) is 1. The van der Waals surface area contributed by atoms with E-state index in [0.29, 0.717) is 22.6 Å². The van der Waals surface area contributed by atoms with Gasteiger partial charge in [-0.15, -0.1) is 0 Å². The predicted molar refractivity (Wildman–Crippen MR) is 82.4 cm³/mol. The molecule has 0 bridgehead atoms. The summed E-state index contributed by atoms with van der Waals surface area (Å²) in [6.45, 7) is 2.62. The first kappa shape index (κ1) is 14.7. The molecular weight excluding hydrogens is 335 g/mol. The molecular formula is C15H18BrFN4. The Morgan fingerprint density at radius 3 is 2.76 bits per heavy atom. The van der Waals surface area contributed by atoms with Gasteiger partial charge in [-0.2, -0.15) is 5.10 Å². The zero-order chi connectivity index (χ0) is 14.8. The summed E-state index contributed by atoms with van der Waals surface area (Å²) in [6, 6.07) is 1.77. The van der Waals surface area contributed by atoms with Crippen molar-refractivity contribution in [1.82, 2.24) is 19.7 Å². The molecule has 1 aliphatic heterocycles. The molecule has 0 spiro atoms. The Morgan fingerprint density at radius 2 is 2.10 bits per heavy atom. The van der Waals surface area contributed by atoms with E-state index in [0.717, 1.165) is 25.9 Å². The molecule has 0 N–H and O–H groups in total.